The number of hydrogen-bond donors (Lipinski definition) is 2. The molecule has 0 fully saturated rings. The molecule has 0 spiro atoms. The molecular formula is C7H11NO3. The lowest BCUT2D eigenvalue weighted by Crippen LogP contribution is -2.40. The second-order valence-electron chi connectivity index (χ2n) is 2.33. The average molecular weight is 157 g/mol. The van der Waals surface area contributed by atoms with Gasteiger partial charge in [0.25, 0.3) is 0 Å². The van der Waals surface area contributed by atoms with Gasteiger partial charge in [0.05, 0.1) is 13.2 Å². The first-order chi connectivity index (χ1) is 5.25. The summed E-state index contributed by atoms with van der Waals surface area (Å²) in [7, 11) is 1.25. The standard InChI is InChI=1S/C7H11NO3/c1-11-7(10)6(9)5-3-2-4-8-5/h2-3,5-6,8-9H,4H2,1H3. The smallest absolute Gasteiger partial charge is 0.336 e. The lowest BCUT2D eigenvalue weighted by molar-refractivity contribution is -0.151. The van der Waals surface area contributed by atoms with E-state index in [0.29, 0.717) is 6.54 Å². The number of aliphatic hydroxyl groups is 1. The molecule has 2 N–H and O–H groups in total. The summed E-state index contributed by atoms with van der Waals surface area (Å²) in [5, 5.41) is 12.1. The van der Waals surface area contributed by atoms with Gasteiger partial charge < -0.3 is 15.2 Å². The summed E-state index contributed by atoms with van der Waals surface area (Å²) >= 11 is 0. The Morgan fingerprint density at radius 2 is 2.64 bits per heavy atom. The topological polar surface area (TPSA) is 58.6 Å². The quantitative estimate of drug-likeness (QED) is 0.401. The minimum atomic E-state index is -1.08. The summed E-state index contributed by atoms with van der Waals surface area (Å²) in [5.74, 6) is -0.603. The predicted octanol–water partition coefficient (Wildman–Crippen LogP) is -0.952. The number of methoxy groups -OCH3 is 1. The zero-order chi connectivity index (χ0) is 8.27. The Hall–Kier alpha value is -0.870. The third-order valence-corrected chi connectivity index (χ3v) is 1.60. The molecular weight excluding hydrogens is 146 g/mol. The first-order valence-electron chi connectivity index (χ1n) is 3.41. The van der Waals surface area contributed by atoms with Crippen LogP contribution in [0.5, 0.6) is 0 Å². The third kappa shape index (κ3) is 1.78. The third-order valence-electron chi connectivity index (χ3n) is 1.60. The maximum absolute atomic E-state index is 10.8. The van der Waals surface area contributed by atoms with Crippen molar-refractivity contribution in [3.63, 3.8) is 0 Å². The monoisotopic (exact) mass is 157 g/mol. The Morgan fingerprint density at radius 3 is 3.09 bits per heavy atom. The van der Waals surface area contributed by atoms with E-state index >= 15 is 0 Å². The zero-order valence-corrected chi connectivity index (χ0v) is 6.28. The summed E-state index contributed by atoms with van der Waals surface area (Å²) in [6, 6.07) is -0.289. The lowest BCUT2D eigenvalue weighted by atomic mass is 10.2. The molecule has 0 aromatic rings. The van der Waals surface area contributed by atoms with E-state index in [0.717, 1.165) is 0 Å². The molecule has 0 aromatic carbocycles. The van der Waals surface area contributed by atoms with E-state index < -0.39 is 12.1 Å². The number of nitrogens with one attached hydrogen (secondary N) is 1. The molecule has 0 radical (unpaired) electrons. The molecule has 1 aliphatic rings. The number of ether oxygens (including phenoxy) is 1. The molecule has 4 nitrogen and oxygen atoms in total. The number of carbonyl (C=O) groups is 1. The molecule has 11 heavy (non-hydrogen) atoms. The van der Waals surface area contributed by atoms with Crippen LogP contribution in [0.2, 0.25) is 0 Å². The Bertz CT molecular complexity index is 179. The highest BCUT2D eigenvalue weighted by Crippen LogP contribution is 2.02. The largest absolute Gasteiger partial charge is 0.467 e. The van der Waals surface area contributed by atoms with Gasteiger partial charge >= 0.3 is 5.97 Å². The number of carbonyl (C=O) groups excluding carboxylic acids is 1. The number of aliphatic hydroxyl groups excluding tert-OH is 1. The van der Waals surface area contributed by atoms with Crippen LogP contribution >= 0.6 is 0 Å². The summed E-state index contributed by atoms with van der Waals surface area (Å²) in [5.41, 5.74) is 0. The molecule has 1 heterocycles. The number of hydrogen-bond acceptors (Lipinski definition) is 4. The van der Waals surface area contributed by atoms with Crippen molar-refractivity contribution in [1.29, 1.82) is 0 Å². The Kier molecular flexibility index (Phi) is 2.62. The van der Waals surface area contributed by atoms with E-state index in [4.69, 9.17) is 0 Å². The van der Waals surface area contributed by atoms with E-state index in [-0.39, 0.29) is 6.04 Å². The summed E-state index contributed by atoms with van der Waals surface area (Å²) in [6.45, 7) is 0.693. The van der Waals surface area contributed by atoms with Crippen molar-refractivity contribution in [2.24, 2.45) is 0 Å². The second-order valence-corrected chi connectivity index (χ2v) is 2.33. The fourth-order valence-electron chi connectivity index (χ4n) is 0.971. The van der Waals surface area contributed by atoms with Crippen molar-refractivity contribution in [1.82, 2.24) is 5.32 Å². The highest BCUT2D eigenvalue weighted by molar-refractivity contribution is 5.75. The van der Waals surface area contributed by atoms with Gasteiger partial charge in [-0.3, -0.25) is 0 Å². The molecule has 1 rings (SSSR count). The Balaban J connectivity index is 2.46. The fraction of sp³-hybridized carbons (Fsp3) is 0.571. The van der Waals surface area contributed by atoms with Gasteiger partial charge in [-0.25, -0.2) is 4.79 Å². The summed E-state index contributed by atoms with van der Waals surface area (Å²) < 4.78 is 4.36. The van der Waals surface area contributed by atoms with E-state index in [1.165, 1.54) is 7.11 Å². The zero-order valence-electron chi connectivity index (χ0n) is 6.28. The van der Waals surface area contributed by atoms with Gasteiger partial charge in [0.1, 0.15) is 0 Å². The van der Waals surface area contributed by atoms with E-state index in [1.54, 1.807) is 6.08 Å². The van der Waals surface area contributed by atoms with Crippen molar-refractivity contribution in [2.75, 3.05) is 13.7 Å². The van der Waals surface area contributed by atoms with E-state index in [1.807, 2.05) is 6.08 Å². The normalized spacial score (nSPS) is 25.1. The van der Waals surface area contributed by atoms with Gasteiger partial charge in [0, 0.05) is 6.54 Å². The average Bonchev–Trinajstić information content (AvgIpc) is 2.53. The van der Waals surface area contributed by atoms with Crippen LogP contribution in [0.1, 0.15) is 0 Å². The van der Waals surface area contributed by atoms with Gasteiger partial charge in [-0.2, -0.15) is 0 Å². The van der Waals surface area contributed by atoms with Crippen molar-refractivity contribution in [3.8, 4) is 0 Å². The molecule has 62 valence electrons. The van der Waals surface area contributed by atoms with Gasteiger partial charge in [-0.15, -0.1) is 0 Å². The molecule has 0 saturated carbocycles. The molecule has 0 aliphatic carbocycles. The minimum Gasteiger partial charge on any atom is -0.467 e. The van der Waals surface area contributed by atoms with Crippen LogP contribution < -0.4 is 5.32 Å². The van der Waals surface area contributed by atoms with Crippen LogP contribution in [0.25, 0.3) is 0 Å². The minimum absolute atomic E-state index is 0.289. The van der Waals surface area contributed by atoms with Crippen LogP contribution in [0, 0.1) is 0 Å². The van der Waals surface area contributed by atoms with Gasteiger partial charge in [-0.1, -0.05) is 12.2 Å². The predicted molar refractivity (Wildman–Crippen MR) is 39.0 cm³/mol. The molecule has 0 saturated heterocycles. The van der Waals surface area contributed by atoms with Crippen molar-refractivity contribution < 1.29 is 14.6 Å². The highest BCUT2D eigenvalue weighted by Gasteiger charge is 2.25. The Labute approximate surface area is 64.9 Å². The van der Waals surface area contributed by atoms with Gasteiger partial charge in [0.2, 0.25) is 0 Å². The molecule has 0 bridgehead atoms. The maximum atomic E-state index is 10.8. The molecule has 2 atom stereocenters. The maximum Gasteiger partial charge on any atom is 0.336 e. The highest BCUT2D eigenvalue weighted by atomic mass is 16.5. The van der Waals surface area contributed by atoms with Crippen molar-refractivity contribution in [3.05, 3.63) is 12.2 Å². The van der Waals surface area contributed by atoms with Crippen molar-refractivity contribution >= 4 is 5.97 Å². The van der Waals surface area contributed by atoms with Gasteiger partial charge in [-0.05, 0) is 0 Å². The van der Waals surface area contributed by atoms with Crippen LogP contribution in [0.3, 0.4) is 0 Å². The number of esters is 1. The van der Waals surface area contributed by atoms with Crippen molar-refractivity contribution in [2.45, 2.75) is 12.1 Å². The van der Waals surface area contributed by atoms with Gasteiger partial charge in [0.15, 0.2) is 6.10 Å². The molecule has 0 aromatic heterocycles. The Morgan fingerprint density at radius 1 is 1.91 bits per heavy atom. The van der Waals surface area contributed by atoms with Crippen LogP contribution in [0.4, 0.5) is 0 Å². The second kappa shape index (κ2) is 3.50. The van der Waals surface area contributed by atoms with Crippen LogP contribution in [-0.2, 0) is 9.53 Å². The van der Waals surface area contributed by atoms with Crippen LogP contribution in [-0.4, -0.2) is 36.9 Å². The molecule has 2 unspecified atom stereocenters. The first kappa shape index (κ1) is 8.23. The lowest BCUT2D eigenvalue weighted by Gasteiger charge is -2.14. The van der Waals surface area contributed by atoms with E-state index in [2.05, 4.69) is 10.1 Å². The summed E-state index contributed by atoms with van der Waals surface area (Å²) in [6.07, 6.45) is 2.53. The molecule has 0 amide bonds. The molecule has 4 heteroatoms. The summed E-state index contributed by atoms with van der Waals surface area (Å²) in [4.78, 5) is 10.8. The fourth-order valence-corrected chi connectivity index (χ4v) is 0.971. The SMILES string of the molecule is COC(=O)C(O)C1C=CCN1. The van der Waals surface area contributed by atoms with Crippen LogP contribution in [0.15, 0.2) is 12.2 Å². The molecule has 1 aliphatic heterocycles. The number of rotatable bonds is 2. The first-order valence-corrected chi connectivity index (χ1v) is 3.41. The van der Waals surface area contributed by atoms with E-state index in [9.17, 15) is 9.90 Å².